The highest BCUT2D eigenvalue weighted by atomic mass is 16.3. The van der Waals surface area contributed by atoms with Crippen LogP contribution in [-0.4, -0.2) is 49.8 Å². The van der Waals surface area contributed by atoms with E-state index >= 15 is 0 Å². The van der Waals surface area contributed by atoms with Crippen molar-refractivity contribution in [2.75, 3.05) is 33.7 Å². The van der Waals surface area contributed by atoms with Crippen molar-refractivity contribution in [2.45, 2.75) is 19.4 Å². The van der Waals surface area contributed by atoms with Gasteiger partial charge in [0.25, 0.3) is 0 Å². The number of rotatable bonds is 6. The number of aliphatic hydroxyl groups excluding tert-OH is 1. The maximum atomic E-state index is 9.02. The molecule has 1 atom stereocenters. The van der Waals surface area contributed by atoms with Crippen molar-refractivity contribution in [3.05, 3.63) is 0 Å². The highest BCUT2D eigenvalue weighted by Gasteiger charge is 2.00. The molecule has 0 saturated heterocycles. The number of aliphatic hydroxyl groups is 1. The van der Waals surface area contributed by atoms with Crippen LogP contribution in [0.2, 0.25) is 0 Å². The van der Waals surface area contributed by atoms with E-state index in [1.165, 1.54) is 0 Å². The number of likely N-dealkylation sites (N-methyl/N-ethyl adjacent to an activating group) is 1. The predicted molar refractivity (Wildman–Crippen MR) is 47.7 cm³/mol. The molecule has 0 amide bonds. The predicted octanol–water partition coefficient (Wildman–Crippen LogP) is -0.0915. The van der Waals surface area contributed by atoms with Gasteiger partial charge < -0.3 is 15.3 Å². The van der Waals surface area contributed by atoms with E-state index in [1.54, 1.807) is 0 Å². The summed E-state index contributed by atoms with van der Waals surface area (Å²) in [6.45, 7) is 4.67. The molecule has 2 N–H and O–H groups in total. The maximum absolute atomic E-state index is 9.02. The van der Waals surface area contributed by atoms with Crippen LogP contribution in [-0.2, 0) is 0 Å². The molecule has 0 aromatic rings. The van der Waals surface area contributed by atoms with Gasteiger partial charge in [0.1, 0.15) is 0 Å². The third-order valence-electron chi connectivity index (χ3n) is 1.54. The van der Waals surface area contributed by atoms with Crippen LogP contribution in [0.15, 0.2) is 0 Å². The zero-order valence-electron chi connectivity index (χ0n) is 7.80. The van der Waals surface area contributed by atoms with Gasteiger partial charge in [0.05, 0.1) is 6.10 Å². The van der Waals surface area contributed by atoms with Crippen LogP contribution in [0.3, 0.4) is 0 Å². The summed E-state index contributed by atoms with van der Waals surface area (Å²) in [7, 11) is 3.98. The number of hydrogen-bond donors (Lipinski definition) is 2. The third kappa shape index (κ3) is 7.78. The van der Waals surface area contributed by atoms with Crippen LogP contribution in [0.25, 0.3) is 0 Å². The third-order valence-corrected chi connectivity index (χ3v) is 1.54. The minimum Gasteiger partial charge on any atom is -0.392 e. The standard InChI is InChI=1S/C8H20N2O/c1-8(11)7-10(3)6-4-5-9-2/h8-9,11H,4-7H2,1-3H3/t8-/m1/s1. The van der Waals surface area contributed by atoms with Gasteiger partial charge in [-0.2, -0.15) is 0 Å². The van der Waals surface area contributed by atoms with Crippen LogP contribution < -0.4 is 5.32 Å². The Balaban J connectivity index is 3.15. The zero-order chi connectivity index (χ0) is 8.69. The molecule has 0 heterocycles. The highest BCUT2D eigenvalue weighted by molar-refractivity contribution is 4.56. The van der Waals surface area contributed by atoms with Gasteiger partial charge in [0.15, 0.2) is 0 Å². The van der Waals surface area contributed by atoms with Crippen LogP contribution >= 0.6 is 0 Å². The van der Waals surface area contributed by atoms with Crippen molar-refractivity contribution in [3.63, 3.8) is 0 Å². The van der Waals surface area contributed by atoms with Crippen molar-refractivity contribution in [2.24, 2.45) is 0 Å². The van der Waals surface area contributed by atoms with E-state index < -0.39 is 0 Å². The van der Waals surface area contributed by atoms with Crippen molar-refractivity contribution >= 4 is 0 Å². The van der Waals surface area contributed by atoms with Crippen molar-refractivity contribution in [3.8, 4) is 0 Å². The number of hydrogen-bond acceptors (Lipinski definition) is 3. The topological polar surface area (TPSA) is 35.5 Å². The largest absolute Gasteiger partial charge is 0.392 e. The molecule has 0 saturated carbocycles. The Hall–Kier alpha value is -0.120. The first-order chi connectivity index (χ1) is 5.16. The minimum atomic E-state index is -0.213. The van der Waals surface area contributed by atoms with E-state index in [9.17, 15) is 0 Å². The Morgan fingerprint density at radius 1 is 1.55 bits per heavy atom. The van der Waals surface area contributed by atoms with Crippen LogP contribution in [0.5, 0.6) is 0 Å². The Morgan fingerprint density at radius 2 is 2.18 bits per heavy atom. The van der Waals surface area contributed by atoms with Crippen LogP contribution in [0.4, 0.5) is 0 Å². The average molecular weight is 160 g/mol. The van der Waals surface area contributed by atoms with Crippen LogP contribution in [0, 0.1) is 0 Å². The molecule has 0 aliphatic rings. The lowest BCUT2D eigenvalue weighted by Crippen LogP contribution is -2.29. The Labute approximate surface area is 69.4 Å². The van der Waals surface area contributed by atoms with E-state index in [2.05, 4.69) is 10.2 Å². The summed E-state index contributed by atoms with van der Waals surface area (Å²) in [5.74, 6) is 0. The lowest BCUT2D eigenvalue weighted by Gasteiger charge is -2.17. The normalized spacial score (nSPS) is 13.9. The second-order valence-electron chi connectivity index (χ2n) is 3.07. The molecule has 0 aromatic heterocycles. The molecule has 0 radical (unpaired) electrons. The second-order valence-corrected chi connectivity index (χ2v) is 3.07. The molecule has 0 fully saturated rings. The Morgan fingerprint density at radius 3 is 2.64 bits per heavy atom. The monoisotopic (exact) mass is 160 g/mol. The minimum absolute atomic E-state index is 0.213. The molecule has 0 rings (SSSR count). The van der Waals surface area contributed by atoms with E-state index in [0.29, 0.717) is 0 Å². The smallest absolute Gasteiger partial charge is 0.0638 e. The average Bonchev–Trinajstić information content (AvgIpc) is 1.86. The fourth-order valence-electron chi connectivity index (χ4n) is 1.07. The lowest BCUT2D eigenvalue weighted by atomic mass is 10.3. The molecule has 3 heteroatoms. The molecule has 0 spiro atoms. The summed E-state index contributed by atoms with van der Waals surface area (Å²) in [6.07, 6.45) is 0.925. The maximum Gasteiger partial charge on any atom is 0.0638 e. The molecule has 0 aliphatic carbocycles. The summed E-state index contributed by atoms with van der Waals surface area (Å²) in [5, 5.41) is 12.1. The van der Waals surface area contributed by atoms with E-state index in [0.717, 1.165) is 26.1 Å². The van der Waals surface area contributed by atoms with Crippen LogP contribution in [0.1, 0.15) is 13.3 Å². The summed E-state index contributed by atoms with van der Waals surface area (Å²) >= 11 is 0. The molecule has 0 aromatic carbocycles. The number of nitrogens with zero attached hydrogens (tertiary/aromatic N) is 1. The molecular weight excluding hydrogens is 140 g/mol. The van der Waals surface area contributed by atoms with E-state index in [4.69, 9.17) is 5.11 Å². The fraction of sp³-hybridized carbons (Fsp3) is 1.00. The molecule has 11 heavy (non-hydrogen) atoms. The van der Waals surface area contributed by atoms with Gasteiger partial charge in [-0.15, -0.1) is 0 Å². The Kier molecular flexibility index (Phi) is 6.51. The summed E-state index contributed by atoms with van der Waals surface area (Å²) in [6, 6.07) is 0. The van der Waals surface area contributed by atoms with E-state index in [1.807, 2.05) is 21.0 Å². The first-order valence-corrected chi connectivity index (χ1v) is 4.18. The van der Waals surface area contributed by atoms with Crippen molar-refractivity contribution < 1.29 is 5.11 Å². The van der Waals surface area contributed by atoms with Gasteiger partial charge in [0, 0.05) is 6.54 Å². The molecule has 68 valence electrons. The summed E-state index contributed by atoms with van der Waals surface area (Å²) in [5.41, 5.74) is 0. The van der Waals surface area contributed by atoms with E-state index in [-0.39, 0.29) is 6.10 Å². The molecule has 0 aliphatic heterocycles. The van der Waals surface area contributed by atoms with Gasteiger partial charge in [-0.25, -0.2) is 0 Å². The Bertz CT molecular complexity index is 86.2. The van der Waals surface area contributed by atoms with Gasteiger partial charge in [0.2, 0.25) is 0 Å². The van der Waals surface area contributed by atoms with Gasteiger partial charge >= 0.3 is 0 Å². The highest BCUT2D eigenvalue weighted by Crippen LogP contribution is 1.89. The lowest BCUT2D eigenvalue weighted by molar-refractivity contribution is 0.141. The molecule has 3 nitrogen and oxygen atoms in total. The van der Waals surface area contributed by atoms with Gasteiger partial charge in [-0.1, -0.05) is 0 Å². The molecule has 0 unspecified atom stereocenters. The molecular formula is C8H20N2O. The second kappa shape index (κ2) is 6.58. The van der Waals surface area contributed by atoms with Gasteiger partial charge in [-0.3, -0.25) is 0 Å². The first kappa shape index (κ1) is 10.9. The van der Waals surface area contributed by atoms with Crippen molar-refractivity contribution in [1.82, 2.24) is 10.2 Å². The zero-order valence-corrected chi connectivity index (χ0v) is 7.80. The first-order valence-electron chi connectivity index (χ1n) is 4.18. The quantitative estimate of drug-likeness (QED) is 0.533. The molecule has 0 bridgehead atoms. The fourth-order valence-corrected chi connectivity index (χ4v) is 1.07. The summed E-state index contributed by atoms with van der Waals surface area (Å²) < 4.78 is 0. The SMILES string of the molecule is CNCCCN(C)C[C@@H](C)O. The van der Waals surface area contributed by atoms with Gasteiger partial charge in [-0.05, 0) is 40.5 Å². The summed E-state index contributed by atoms with van der Waals surface area (Å²) in [4.78, 5) is 2.14. The van der Waals surface area contributed by atoms with Crippen molar-refractivity contribution in [1.29, 1.82) is 0 Å². The number of nitrogens with one attached hydrogen (secondary N) is 1.